The highest BCUT2D eigenvalue weighted by atomic mass is 19.4. The van der Waals surface area contributed by atoms with Crippen molar-refractivity contribution in [2.75, 3.05) is 25.6 Å². The van der Waals surface area contributed by atoms with Crippen LogP contribution >= 0.6 is 0 Å². The standard InChI is InChI=1S/C19H19F3N2O4/c1-5-28-18(27)15-14(10-25)16(23(3)4)11(2)24(17(15)26)13-8-6-7-12(9-13)19(20,21)22/h6-9,15H,5H2,1-4H3. The van der Waals surface area contributed by atoms with E-state index in [1.165, 1.54) is 30.9 Å². The van der Waals surface area contributed by atoms with Crippen LogP contribution in [0.25, 0.3) is 0 Å². The highest BCUT2D eigenvalue weighted by Crippen LogP contribution is 2.38. The molecular weight excluding hydrogens is 377 g/mol. The number of likely N-dealkylation sites (N-methyl/N-ethyl adjacent to an activating group) is 1. The summed E-state index contributed by atoms with van der Waals surface area (Å²) >= 11 is 0. The maximum absolute atomic E-state index is 13.1. The number of hydrogen-bond donors (Lipinski definition) is 0. The number of carbonyl (C=O) groups is 2. The number of halogens is 3. The zero-order valence-electron chi connectivity index (χ0n) is 15.8. The van der Waals surface area contributed by atoms with Crippen LogP contribution in [-0.4, -0.2) is 43.4 Å². The van der Waals surface area contributed by atoms with Crippen LogP contribution in [0.15, 0.2) is 41.2 Å². The second kappa shape index (κ2) is 7.90. The van der Waals surface area contributed by atoms with Crippen LogP contribution in [0.2, 0.25) is 0 Å². The fourth-order valence-corrected chi connectivity index (χ4v) is 3.11. The van der Waals surface area contributed by atoms with E-state index < -0.39 is 29.5 Å². The fourth-order valence-electron chi connectivity index (χ4n) is 3.11. The normalized spacial score (nSPS) is 17.5. The van der Waals surface area contributed by atoms with E-state index in [0.29, 0.717) is 0 Å². The molecule has 2 rings (SSSR count). The molecule has 0 N–H and O–H groups in total. The van der Waals surface area contributed by atoms with Gasteiger partial charge >= 0.3 is 12.1 Å². The molecule has 150 valence electrons. The van der Waals surface area contributed by atoms with Crippen molar-refractivity contribution in [2.24, 2.45) is 5.92 Å². The molecule has 1 heterocycles. The quantitative estimate of drug-likeness (QED) is 0.445. The summed E-state index contributed by atoms with van der Waals surface area (Å²) in [5, 5.41) is 0. The molecule has 0 aliphatic carbocycles. The van der Waals surface area contributed by atoms with Crippen molar-refractivity contribution in [2.45, 2.75) is 20.0 Å². The summed E-state index contributed by atoms with van der Waals surface area (Å²) in [6.07, 6.45) is -4.61. The summed E-state index contributed by atoms with van der Waals surface area (Å²) in [4.78, 5) is 39.5. The number of rotatable bonds is 4. The predicted molar refractivity (Wildman–Crippen MR) is 94.6 cm³/mol. The molecule has 0 spiro atoms. The van der Waals surface area contributed by atoms with Gasteiger partial charge in [-0.2, -0.15) is 13.2 Å². The molecule has 1 aromatic carbocycles. The number of amides is 1. The van der Waals surface area contributed by atoms with Crippen LogP contribution in [0.5, 0.6) is 0 Å². The Bertz CT molecular complexity index is 883. The van der Waals surface area contributed by atoms with Gasteiger partial charge in [0.15, 0.2) is 5.92 Å². The van der Waals surface area contributed by atoms with Gasteiger partial charge in [0, 0.05) is 25.5 Å². The number of benzene rings is 1. The maximum atomic E-state index is 13.1. The van der Waals surface area contributed by atoms with Gasteiger partial charge in [0.05, 0.1) is 23.4 Å². The van der Waals surface area contributed by atoms with Crippen molar-refractivity contribution in [3.05, 3.63) is 46.8 Å². The minimum atomic E-state index is -4.61. The molecule has 0 radical (unpaired) electrons. The van der Waals surface area contributed by atoms with Crippen LogP contribution < -0.4 is 4.90 Å². The molecule has 1 aliphatic heterocycles. The van der Waals surface area contributed by atoms with Gasteiger partial charge in [-0.15, -0.1) is 0 Å². The Kier molecular flexibility index (Phi) is 5.99. The van der Waals surface area contributed by atoms with Crippen molar-refractivity contribution in [3.63, 3.8) is 0 Å². The van der Waals surface area contributed by atoms with Crippen molar-refractivity contribution in [1.82, 2.24) is 4.90 Å². The Labute approximate surface area is 159 Å². The first-order valence-corrected chi connectivity index (χ1v) is 8.36. The lowest BCUT2D eigenvalue weighted by Gasteiger charge is -2.36. The van der Waals surface area contributed by atoms with E-state index in [1.807, 2.05) is 0 Å². The first-order valence-electron chi connectivity index (χ1n) is 8.36. The minimum Gasteiger partial charge on any atom is -0.465 e. The van der Waals surface area contributed by atoms with E-state index in [-0.39, 0.29) is 29.3 Å². The largest absolute Gasteiger partial charge is 0.465 e. The molecule has 1 amide bonds. The summed E-state index contributed by atoms with van der Waals surface area (Å²) in [6.45, 7) is 2.98. The third-order valence-corrected chi connectivity index (χ3v) is 4.20. The summed E-state index contributed by atoms with van der Waals surface area (Å²) in [5.41, 5.74) is -0.815. The van der Waals surface area contributed by atoms with Gasteiger partial charge in [0.1, 0.15) is 5.94 Å². The van der Waals surface area contributed by atoms with Crippen LogP contribution in [-0.2, 0) is 25.3 Å². The lowest BCUT2D eigenvalue weighted by molar-refractivity contribution is -0.150. The smallest absolute Gasteiger partial charge is 0.416 e. The van der Waals surface area contributed by atoms with Gasteiger partial charge in [-0.3, -0.25) is 14.5 Å². The molecule has 0 aromatic heterocycles. The molecule has 1 aliphatic rings. The second-order valence-electron chi connectivity index (χ2n) is 6.25. The summed E-state index contributed by atoms with van der Waals surface area (Å²) in [6, 6.07) is 4.18. The summed E-state index contributed by atoms with van der Waals surface area (Å²) in [5.74, 6) is -1.82. The van der Waals surface area contributed by atoms with E-state index in [2.05, 4.69) is 0 Å². The average molecular weight is 396 g/mol. The van der Waals surface area contributed by atoms with E-state index in [9.17, 15) is 27.6 Å². The third-order valence-electron chi connectivity index (χ3n) is 4.20. The highest BCUT2D eigenvalue weighted by molar-refractivity contribution is 6.13. The van der Waals surface area contributed by atoms with Gasteiger partial charge in [0.2, 0.25) is 0 Å². The Morgan fingerprint density at radius 1 is 1.32 bits per heavy atom. The molecule has 0 saturated carbocycles. The predicted octanol–water partition coefficient (Wildman–Crippen LogP) is 2.78. The van der Waals surface area contributed by atoms with Gasteiger partial charge in [-0.1, -0.05) is 6.07 Å². The van der Waals surface area contributed by atoms with E-state index in [0.717, 1.165) is 17.0 Å². The number of allylic oxidation sites excluding steroid dienone is 2. The number of anilines is 1. The molecule has 0 fully saturated rings. The van der Waals surface area contributed by atoms with Crippen LogP contribution in [0, 0.1) is 5.92 Å². The Morgan fingerprint density at radius 2 is 1.96 bits per heavy atom. The highest BCUT2D eigenvalue weighted by Gasteiger charge is 2.45. The number of hydrogen-bond acceptors (Lipinski definition) is 5. The number of carbonyl (C=O) groups excluding carboxylic acids is 3. The van der Waals surface area contributed by atoms with E-state index >= 15 is 0 Å². The average Bonchev–Trinajstić information content (AvgIpc) is 2.60. The van der Waals surface area contributed by atoms with E-state index in [1.54, 1.807) is 20.0 Å². The summed E-state index contributed by atoms with van der Waals surface area (Å²) in [7, 11) is 3.16. The monoisotopic (exact) mass is 396 g/mol. The van der Waals surface area contributed by atoms with Gasteiger partial charge < -0.3 is 9.64 Å². The van der Waals surface area contributed by atoms with Gasteiger partial charge in [-0.25, -0.2) is 4.79 Å². The van der Waals surface area contributed by atoms with Gasteiger partial charge in [-0.05, 0) is 32.0 Å². The SMILES string of the molecule is CCOC(=O)C1C(=O)N(c2cccc(C(F)(F)F)c2)C(C)=C(N(C)C)C1=C=O. The second-order valence-corrected chi connectivity index (χ2v) is 6.25. The molecule has 0 bridgehead atoms. The lowest BCUT2D eigenvalue weighted by atomic mass is 9.89. The molecule has 9 heteroatoms. The Balaban J connectivity index is 2.72. The van der Waals surface area contributed by atoms with Gasteiger partial charge in [0.25, 0.3) is 5.91 Å². The molecule has 0 saturated heterocycles. The molecule has 1 atom stereocenters. The molecule has 1 aromatic rings. The first-order chi connectivity index (χ1) is 13.0. The van der Waals surface area contributed by atoms with Crippen LogP contribution in [0.3, 0.4) is 0 Å². The van der Waals surface area contributed by atoms with Crippen LogP contribution in [0.1, 0.15) is 19.4 Å². The number of ether oxygens (including phenoxy) is 1. The Morgan fingerprint density at radius 3 is 2.46 bits per heavy atom. The zero-order valence-corrected chi connectivity index (χ0v) is 15.8. The third kappa shape index (κ3) is 3.80. The number of nitrogens with zero attached hydrogens (tertiary/aromatic N) is 2. The first kappa shape index (κ1) is 21.2. The Hall–Kier alpha value is -3.06. The molecule has 1 unspecified atom stereocenters. The molecule has 6 nitrogen and oxygen atoms in total. The number of alkyl halides is 3. The molecule has 28 heavy (non-hydrogen) atoms. The minimum absolute atomic E-state index is 0.0295. The van der Waals surface area contributed by atoms with Crippen molar-refractivity contribution in [3.8, 4) is 0 Å². The topological polar surface area (TPSA) is 66.9 Å². The lowest BCUT2D eigenvalue weighted by Crippen LogP contribution is -2.47. The molecular formula is C19H19F3N2O4. The maximum Gasteiger partial charge on any atom is 0.416 e. The summed E-state index contributed by atoms with van der Waals surface area (Å²) < 4.78 is 44.2. The zero-order chi connectivity index (χ0) is 21.2. The van der Waals surface area contributed by atoms with Crippen molar-refractivity contribution < 1.29 is 32.3 Å². The fraction of sp³-hybridized carbons (Fsp3) is 0.368. The van der Waals surface area contributed by atoms with Crippen molar-refractivity contribution in [1.29, 1.82) is 0 Å². The van der Waals surface area contributed by atoms with E-state index in [4.69, 9.17) is 4.74 Å². The van der Waals surface area contributed by atoms with Crippen molar-refractivity contribution >= 4 is 23.5 Å². The number of esters is 1. The van der Waals surface area contributed by atoms with Crippen LogP contribution in [0.4, 0.5) is 18.9 Å².